The number of hydrogen-bond donors (Lipinski definition) is 2. The van der Waals surface area contributed by atoms with Gasteiger partial charge in [-0.1, -0.05) is 29.6 Å². The summed E-state index contributed by atoms with van der Waals surface area (Å²) < 4.78 is 28.5. The normalized spacial score (nSPS) is 20.9. The first-order valence-electron chi connectivity index (χ1n) is 6.29. The van der Waals surface area contributed by atoms with E-state index in [-0.39, 0.29) is 23.4 Å². The van der Waals surface area contributed by atoms with Crippen molar-refractivity contribution >= 4 is 39.1 Å². The molecule has 1 heterocycles. The largest absolute Gasteiger partial charge is 0.395 e. The van der Waals surface area contributed by atoms with Gasteiger partial charge in [-0.2, -0.15) is 12.7 Å². The molecule has 0 bridgehead atoms. The first-order valence-corrected chi connectivity index (χ1v) is 8.49. The van der Waals surface area contributed by atoms with Crippen LogP contribution >= 0.6 is 23.2 Å². The maximum atomic E-state index is 12.4. The van der Waals surface area contributed by atoms with Crippen LogP contribution in [0.3, 0.4) is 0 Å². The second-order valence-electron chi connectivity index (χ2n) is 4.67. The Bertz CT molecular complexity index is 580. The van der Waals surface area contributed by atoms with E-state index < -0.39 is 10.2 Å². The summed E-state index contributed by atoms with van der Waals surface area (Å²) in [6.45, 7) is 0.197. The first kappa shape index (κ1) is 15.9. The third kappa shape index (κ3) is 3.56. The van der Waals surface area contributed by atoms with Gasteiger partial charge in [0.15, 0.2) is 0 Å². The topological polar surface area (TPSA) is 69.6 Å². The Morgan fingerprint density at radius 2 is 2.10 bits per heavy atom. The standard InChI is InChI=1S/C12H16Cl2N2O3S/c13-9-4-5-11(14)12(7-9)15-20(18,19)16-6-2-1-3-10(16)8-17/h4-5,7,10,15,17H,1-3,6,8H2. The fraction of sp³-hybridized carbons (Fsp3) is 0.500. The number of hydrogen-bond acceptors (Lipinski definition) is 3. The van der Waals surface area contributed by atoms with E-state index in [0.29, 0.717) is 18.0 Å². The van der Waals surface area contributed by atoms with Crippen LogP contribution in [0.1, 0.15) is 19.3 Å². The van der Waals surface area contributed by atoms with Crippen molar-refractivity contribution in [2.75, 3.05) is 17.9 Å². The third-order valence-electron chi connectivity index (χ3n) is 3.26. The van der Waals surface area contributed by atoms with Crippen molar-refractivity contribution in [3.05, 3.63) is 28.2 Å². The maximum absolute atomic E-state index is 12.4. The summed E-state index contributed by atoms with van der Waals surface area (Å²) in [5, 5.41) is 9.98. The lowest BCUT2D eigenvalue weighted by Crippen LogP contribution is -2.47. The number of rotatable bonds is 4. The zero-order chi connectivity index (χ0) is 14.8. The fourth-order valence-electron chi connectivity index (χ4n) is 2.25. The summed E-state index contributed by atoms with van der Waals surface area (Å²) in [6.07, 6.45) is 2.34. The number of anilines is 1. The molecule has 1 saturated heterocycles. The molecule has 0 radical (unpaired) electrons. The molecule has 1 fully saturated rings. The molecule has 1 unspecified atom stereocenters. The highest BCUT2D eigenvalue weighted by molar-refractivity contribution is 7.90. The van der Waals surface area contributed by atoms with Crippen molar-refractivity contribution in [3.63, 3.8) is 0 Å². The van der Waals surface area contributed by atoms with E-state index in [0.717, 1.165) is 12.8 Å². The molecular weight excluding hydrogens is 323 g/mol. The Labute approximate surface area is 128 Å². The zero-order valence-electron chi connectivity index (χ0n) is 10.7. The lowest BCUT2D eigenvalue weighted by atomic mass is 10.1. The molecular formula is C12H16Cl2N2O3S. The molecule has 0 aliphatic carbocycles. The lowest BCUT2D eigenvalue weighted by molar-refractivity contribution is 0.156. The van der Waals surface area contributed by atoms with Gasteiger partial charge in [0.2, 0.25) is 0 Å². The highest BCUT2D eigenvalue weighted by Gasteiger charge is 2.32. The summed E-state index contributed by atoms with van der Waals surface area (Å²) in [5.41, 5.74) is 0.237. The predicted octanol–water partition coefficient (Wildman–Crippen LogP) is 2.50. The van der Waals surface area contributed by atoms with Crippen LogP contribution in [0.25, 0.3) is 0 Å². The molecule has 1 aliphatic heterocycles. The van der Waals surface area contributed by atoms with Gasteiger partial charge < -0.3 is 5.11 Å². The SMILES string of the molecule is O=S(=O)(Nc1cc(Cl)ccc1Cl)N1CCCCC1CO. The van der Waals surface area contributed by atoms with Gasteiger partial charge in [0.1, 0.15) is 0 Å². The fourth-order valence-corrected chi connectivity index (χ4v) is 4.14. The molecule has 0 aromatic heterocycles. The molecule has 2 rings (SSSR count). The molecule has 112 valence electrons. The molecule has 1 aromatic rings. The molecule has 1 aliphatic rings. The van der Waals surface area contributed by atoms with E-state index in [1.165, 1.54) is 16.4 Å². The third-order valence-corrected chi connectivity index (χ3v) is 5.40. The van der Waals surface area contributed by atoms with Crippen molar-refractivity contribution in [2.24, 2.45) is 0 Å². The van der Waals surface area contributed by atoms with Crippen LogP contribution < -0.4 is 4.72 Å². The zero-order valence-corrected chi connectivity index (χ0v) is 13.0. The van der Waals surface area contributed by atoms with Crippen LogP contribution in [-0.4, -0.2) is 37.0 Å². The van der Waals surface area contributed by atoms with Gasteiger partial charge in [0.25, 0.3) is 0 Å². The Kier molecular flexibility index (Phi) is 5.14. The van der Waals surface area contributed by atoms with E-state index in [1.54, 1.807) is 6.07 Å². The van der Waals surface area contributed by atoms with Crippen LogP contribution in [0.2, 0.25) is 10.0 Å². The van der Waals surface area contributed by atoms with Crippen LogP contribution in [-0.2, 0) is 10.2 Å². The first-order chi connectivity index (χ1) is 9.44. The maximum Gasteiger partial charge on any atom is 0.302 e. The van der Waals surface area contributed by atoms with E-state index in [4.69, 9.17) is 23.2 Å². The van der Waals surface area contributed by atoms with Crippen molar-refractivity contribution in [3.8, 4) is 0 Å². The molecule has 0 saturated carbocycles. The minimum atomic E-state index is -3.76. The lowest BCUT2D eigenvalue weighted by Gasteiger charge is -2.33. The highest BCUT2D eigenvalue weighted by atomic mass is 35.5. The number of halogens is 2. The monoisotopic (exact) mass is 338 g/mol. The van der Waals surface area contributed by atoms with Crippen LogP contribution in [0.15, 0.2) is 18.2 Å². The molecule has 0 spiro atoms. The van der Waals surface area contributed by atoms with Crippen molar-refractivity contribution in [1.29, 1.82) is 0 Å². The Hall–Kier alpha value is -0.530. The van der Waals surface area contributed by atoms with Gasteiger partial charge in [-0.3, -0.25) is 4.72 Å². The number of benzene rings is 1. The minimum Gasteiger partial charge on any atom is -0.395 e. The smallest absolute Gasteiger partial charge is 0.302 e. The molecule has 5 nitrogen and oxygen atoms in total. The minimum absolute atomic E-state index is 0.190. The molecule has 1 atom stereocenters. The number of nitrogens with one attached hydrogen (secondary N) is 1. The number of piperidine rings is 1. The van der Waals surface area contributed by atoms with E-state index >= 15 is 0 Å². The second kappa shape index (κ2) is 6.49. The van der Waals surface area contributed by atoms with Gasteiger partial charge in [-0.05, 0) is 31.0 Å². The molecule has 1 aromatic carbocycles. The van der Waals surface area contributed by atoms with E-state index in [9.17, 15) is 13.5 Å². The highest BCUT2D eigenvalue weighted by Crippen LogP contribution is 2.28. The van der Waals surface area contributed by atoms with Gasteiger partial charge in [-0.15, -0.1) is 0 Å². The summed E-state index contributed by atoms with van der Waals surface area (Å²) in [7, 11) is -3.76. The van der Waals surface area contributed by atoms with Crippen LogP contribution in [0.5, 0.6) is 0 Å². The van der Waals surface area contributed by atoms with Gasteiger partial charge in [-0.25, -0.2) is 0 Å². The Morgan fingerprint density at radius 1 is 1.35 bits per heavy atom. The van der Waals surface area contributed by atoms with Crippen LogP contribution in [0, 0.1) is 0 Å². The molecule has 0 amide bonds. The van der Waals surface area contributed by atoms with E-state index in [2.05, 4.69) is 4.72 Å². The summed E-state index contributed by atoms with van der Waals surface area (Å²) in [4.78, 5) is 0. The van der Waals surface area contributed by atoms with E-state index in [1.807, 2.05) is 0 Å². The van der Waals surface area contributed by atoms with Crippen LogP contribution in [0.4, 0.5) is 5.69 Å². The summed E-state index contributed by atoms with van der Waals surface area (Å²) in [6, 6.07) is 4.18. The predicted molar refractivity (Wildman–Crippen MR) is 80.4 cm³/mol. The number of aliphatic hydroxyl groups is 1. The average molecular weight is 339 g/mol. The van der Waals surface area contributed by atoms with Gasteiger partial charge in [0.05, 0.1) is 17.3 Å². The molecule has 20 heavy (non-hydrogen) atoms. The molecule has 8 heteroatoms. The number of aliphatic hydroxyl groups excluding tert-OH is 1. The van der Waals surface area contributed by atoms with Crippen molar-refractivity contribution < 1.29 is 13.5 Å². The Morgan fingerprint density at radius 3 is 2.80 bits per heavy atom. The molecule has 2 N–H and O–H groups in total. The van der Waals surface area contributed by atoms with Gasteiger partial charge in [0, 0.05) is 17.6 Å². The summed E-state index contributed by atoms with van der Waals surface area (Å²) in [5.74, 6) is 0. The number of nitrogens with zero attached hydrogens (tertiary/aromatic N) is 1. The van der Waals surface area contributed by atoms with Crippen molar-refractivity contribution in [1.82, 2.24) is 4.31 Å². The van der Waals surface area contributed by atoms with Crippen molar-refractivity contribution in [2.45, 2.75) is 25.3 Å². The summed E-state index contributed by atoms with van der Waals surface area (Å²) >= 11 is 11.8. The Balaban J connectivity index is 2.24. The average Bonchev–Trinajstić information content (AvgIpc) is 2.42. The second-order valence-corrected chi connectivity index (χ2v) is 7.14. The quantitative estimate of drug-likeness (QED) is 0.886. The van der Waals surface area contributed by atoms with Gasteiger partial charge >= 0.3 is 10.2 Å².